The predicted molar refractivity (Wildman–Crippen MR) is 103 cm³/mol. The summed E-state index contributed by atoms with van der Waals surface area (Å²) in [5.74, 6) is -0.183. The van der Waals surface area contributed by atoms with Crippen LogP contribution in [0.4, 0.5) is 5.69 Å². The van der Waals surface area contributed by atoms with E-state index in [4.69, 9.17) is 0 Å². The van der Waals surface area contributed by atoms with Gasteiger partial charge in [0.2, 0.25) is 0 Å². The van der Waals surface area contributed by atoms with Gasteiger partial charge in [0.1, 0.15) is 5.69 Å². The first kappa shape index (κ1) is 17.6. The number of hydrogen-bond donors (Lipinski definition) is 2. The highest BCUT2D eigenvalue weighted by atomic mass is 16.1. The SMILES string of the molecule is O=C(NCc1ccncc1)c1ccc(NCCCc2ccccc2)cn1. The number of aryl methyl sites for hydroxylation is 1. The van der Waals surface area contributed by atoms with Crippen molar-refractivity contribution in [2.45, 2.75) is 19.4 Å². The van der Waals surface area contributed by atoms with Gasteiger partial charge in [0.25, 0.3) is 5.91 Å². The van der Waals surface area contributed by atoms with Crippen molar-refractivity contribution in [3.63, 3.8) is 0 Å². The first-order valence-electron chi connectivity index (χ1n) is 8.72. The molecule has 0 unspecified atom stereocenters. The van der Waals surface area contributed by atoms with Crippen molar-refractivity contribution >= 4 is 11.6 Å². The third kappa shape index (κ3) is 5.41. The molecule has 0 atom stereocenters. The summed E-state index contributed by atoms with van der Waals surface area (Å²) in [6, 6.07) is 17.8. The van der Waals surface area contributed by atoms with Gasteiger partial charge in [-0.25, -0.2) is 4.98 Å². The molecule has 3 aromatic rings. The number of pyridine rings is 2. The molecule has 1 amide bonds. The Morgan fingerprint density at radius 2 is 1.73 bits per heavy atom. The largest absolute Gasteiger partial charge is 0.384 e. The van der Waals surface area contributed by atoms with Crippen molar-refractivity contribution in [2.75, 3.05) is 11.9 Å². The smallest absolute Gasteiger partial charge is 0.270 e. The van der Waals surface area contributed by atoms with Crippen LogP contribution in [0.25, 0.3) is 0 Å². The molecule has 132 valence electrons. The first-order chi connectivity index (χ1) is 12.8. The van der Waals surface area contributed by atoms with E-state index in [0.29, 0.717) is 12.2 Å². The van der Waals surface area contributed by atoms with Crippen LogP contribution >= 0.6 is 0 Å². The zero-order chi connectivity index (χ0) is 18.0. The topological polar surface area (TPSA) is 66.9 Å². The Morgan fingerprint density at radius 1 is 0.923 bits per heavy atom. The van der Waals surface area contributed by atoms with Crippen molar-refractivity contribution in [1.29, 1.82) is 0 Å². The van der Waals surface area contributed by atoms with Crippen LogP contribution in [0, 0.1) is 0 Å². The summed E-state index contributed by atoms with van der Waals surface area (Å²) >= 11 is 0. The van der Waals surface area contributed by atoms with Gasteiger partial charge in [0.05, 0.1) is 11.9 Å². The second-order valence-corrected chi connectivity index (χ2v) is 5.99. The summed E-state index contributed by atoms with van der Waals surface area (Å²) < 4.78 is 0. The van der Waals surface area contributed by atoms with E-state index >= 15 is 0 Å². The fourth-order valence-electron chi connectivity index (χ4n) is 2.58. The summed E-state index contributed by atoms with van der Waals surface area (Å²) in [5, 5.41) is 6.19. The Morgan fingerprint density at radius 3 is 2.46 bits per heavy atom. The van der Waals surface area contributed by atoms with Crippen LogP contribution in [0.5, 0.6) is 0 Å². The van der Waals surface area contributed by atoms with Crippen LogP contribution in [0.1, 0.15) is 28.0 Å². The lowest BCUT2D eigenvalue weighted by Crippen LogP contribution is -2.23. The van der Waals surface area contributed by atoms with Crippen LogP contribution in [0.15, 0.2) is 73.2 Å². The van der Waals surface area contributed by atoms with E-state index < -0.39 is 0 Å². The molecule has 0 bridgehead atoms. The standard InChI is InChI=1S/C21H22N4O/c26-21(25-15-18-10-13-22-14-11-18)20-9-8-19(16-24-20)23-12-4-7-17-5-2-1-3-6-17/h1-3,5-6,8-11,13-14,16,23H,4,7,12,15H2,(H,25,26). The van der Waals surface area contributed by atoms with Gasteiger partial charge >= 0.3 is 0 Å². The maximum Gasteiger partial charge on any atom is 0.270 e. The van der Waals surface area contributed by atoms with Crippen molar-refractivity contribution in [2.24, 2.45) is 0 Å². The molecule has 0 aliphatic rings. The second kappa shape index (κ2) is 9.32. The third-order valence-electron chi connectivity index (χ3n) is 4.01. The van der Waals surface area contributed by atoms with Gasteiger partial charge < -0.3 is 10.6 Å². The fourth-order valence-corrected chi connectivity index (χ4v) is 2.58. The van der Waals surface area contributed by atoms with Gasteiger partial charge in [-0.2, -0.15) is 0 Å². The highest BCUT2D eigenvalue weighted by molar-refractivity contribution is 5.92. The summed E-state index contributed by atoms with van der Waals surface area (Å²) in [6.45, 7) is 1.33. The predicted octanol–water partition coefficient (Wildman–Crippen LogP) is 3.45. The van der Waals surface area contributed by atoms with Crippen molar-refractivity contribution in [3.05, 3.63) is 90.0 Å². The molecule has 0 spiro atoms. The molecule has 3 rings (SSSR count). The summed E-state index contributed by atoms with van der Waals surface area (Å²) in [4.78, 5) is 20.3. The second-order valence-electron chi connectivity index (χ2n) is 5.99. The molecule has 26 heavy (non-hydrogen) atoms. The lowest BCUT2D eigenvalue weighted by Gasteiger charge is -2.08. The number of carbonyl (C=O) groups is 1. The average Bonchev–Trinajstić information content (AvgIpc) is 2.71. The van der Waals surface area contributed by atoms with Crippen LogP contribution in [-0.2, 0) is 13.0 Å². The maximum absolute atomic E-state index is 12.1. The Bertz CT molecular complexity index is 804. The molecular weight excluding hydrogens is 324 g/mol. The number of amides is 1. The van der Waals surface area contributed by atoms with E-state index in [0.717, 1.165) is 30.6 Å². The molecule has 5 nitrogen and oxygen atoms in total. The molecule has 2 aromatic heterocycles. The fraction of sp³-hybridized carbons (Fsp3) is 0.190. The van der Waals surface area contributed by atoms with Gasteiger partial charge in [-0.15, -0.1) is 0 Å². The zero-order valence-corrected chi connectivity index (χ0v) is 14.6. The van der Waals surface area contributed by atoms with Gasteiger partial charge in [0.15, 0.2) is 0 Å². The minimum atomic E-state index is -0.183. The lowest BCUT2D eigenvalue weighted by molar-refractivity contribution is 0.0946. The van der Waals surface area contributed by atoms with E-state index in [1.54, 1.807) is 24.7 Å². The number of rotatable bonds is 8. The van der Waals surface area contributed by atoms with Crippen molar-refractivity contribution in [3.8, 4) is 0 Å². The minimum absolute atomic E-state index is 0.183. The number of anilines is 1. The van der Waals surface area contributed by atoms with E-state index in [2.05, 4.69) is 44.9 Å². The first-order valence-corrected chi connectivity index (χ1v) is 8.72. The van der Waals surface area contributed by atoms with E-state index in [1.807, 2.05) is 24.3 Å². The van der Waals surface area contributed by atoms with Gasteiger partial charge in [-0.05, 0) is 48.2 Å². The highest BCUT2D eigenvalue weighted by Gasteiger charge is 2.06. The van der Waals surface area contributed by atoms with E-state index in [9.17, 15) is 4.79 Å². The van der Waals surface area contributed by atoms with E-state index in [-0.39, 0.29) is 5.91 Å². The molecule has 0 fully saturated rings. The van der Waals surface area contributed by atoms with Crippen LogP contribution in [0.3, 0.4) is 0 Å². The molecule has 0 aliphatic heterocycles. The Balaban J connectivity index is 1.42. The van der Waals surface area contributed by atoms with Crippen LogP contribution in [0.2, 0.25) is 0 Å². The summed E-state index contributed by atoms with van der Waals surface area (Å²) in [7, 11) is 0. The molecule has 0 saturated carbocycles. The molecule has 0 radical (unpaired) electrons. The summed E-state index contributed by atoms with van der Waals surface area (Å²) in [6.07, 6.45) is 7.19. The molecule has 5 heteroatoms. The number of nitrogens with zero attached hydrogens (tertiary/aromatic N) is 2. The van der Waals surface area contributed by atoms with Crippen LogP contribution in [-0.4, -0.2) is 22.4 Å². The quantitative estimate of drug-likeness (QED) is 0.613. The summed E-state index contributed by atoms with van der Waals surface area (Å²) in [5.41, 5.74) is 3.68. The number of benzene rings is 1. The Kier molecular flexibility index (Phi) is 6.31. The minimum Gasteiger partial charge on any atom is -0.384 e. The molecule has 2 heterocycles. The third-order valence-corrected chi connectivity index (χ3v) is 4.01. The van der Waals surface area contributed by atoms with Gasteiger partial charge in [-0.3, -0.25) is 9.78 Å². The van der Waals surface area contributed by atoms with Crippen LogP contribution < -0.4 is 10.6 Å². The molecule has 0 aliphatic carbocycles. The number of nitrogens with one attached hydrogen (secondary N) is 2. The Labute approximate surface area is 153 Å². The number of aromatic nitrogens is 2. The van der Waals surface area contributed by atoms with E-state index in [1.165, 1.54) is 5.56 Å². The Hall–Kier alpha value is -3.21. The molecule has 2 N–H and O–H groups in total. The monoisotopic (exact) mass is 346 g/mol. The number of hydrogen-bond acceptors (Lipinski definition) is 4. The van der Waals surface area contributed by atoms with Gasteiger partial charge in [0, 0.05) is 25.5 Å². The molecular formula is C21H22N4O. The zero-order valence-electron chi connectivity index (χ0n) is 14.6. The molecule has 0 saturated heterocycles. The highest BCUT2D eigenvalue weighted by Crippen LogP contribution is 2.08. The lowest BCUT2D eigenvalue weighted by atomic mass is 10.1. The molecule has 1 aromatic carbocycles. The van der Waals surface area contributed by atoms with Gasteiger partial charge in [-0.1, -0.05) is 30.3 Å². The average molecular weight is 346 g/mol. The van der Waals surface area contributed by atoms with Crippen molar-refractivity contribution in [1.82, 2.24) is 15.3 Å². The maximum atomic E-state index is 12.1. The normalized spacial score (nSPS) is 10.3. The number of carbonyl (C=O) groups excluding carboxylic acids is 1. The van der Waals surface area contributed by atoms with Crippen molar-refractivity contribution < 1.29 is 4.79 Å².